The summed E-state index contributed by atoms with van der Waals surface area (Å²) in [7, 11) is 0. The first-order valence-electron chi connectivity index (χ1n) is 9.14. The first-order chi connectivity index (χ1) is 12.8. The molecule has 26 heavy (non-hydrogen) atoms. The minimum Gasteiger partial charge on any atom is -0.492 e. The van der Waals surface area contributed by atoms with Crippen LogP contribution in [0.1, 0.15) is 5.56 Å². The van der Waals surface area contributed by atoms with E-state index in [1.165, 1.54) is 5.56 Å². The molecule has 1 fully saturated rings. The maximum absolute atomic E-state index is 6.01. The van der Waals surface area contributed by atoms with Gasteiger partial charge in [0.25, 0.3) is 0 Å². The molecule has 2 aromatic rings. The van der Waals surface area contributed by atoms with Gasteiger partial charge in [-0.3, -0.25) is 4.90 Å². The van der Waals surface area contributed by atoms with Gasteiger partial charge in [-0.2, -0.15) is 12.6 Å². The molecular formula is C21H27N3OS. The van der Waals surface area contributed by atoms with Gasteiger partial charge in [-0.15, -0.1) is 6.58 Å². The van der Waals surface area contributed by atoms with E-state index < -0.39 is 0 Å². The van der Waals surface area contributed by atoms with E-state index in [1.54, 1.807) is 0 Å². The molecule has 0 radical (unpaired) electrons. The van der Waals surface area contributed by atoms with Crippen LogP contribution in [0.25, 0.3) is 0 Å². The van der Waals surface area contributed by atoms with E-state index in [0.29, 0.717) is 6.61 Å². The van der Waals surface area contributed by atoms with E-state index in [0.717, 1.165) is 50.7 Å². The van der Waals surface area contributed by atoms with Crippen LogP contribution in [0.3, 0.4) is 0 Å². The molecule has 1 aromatic heterocycles. The van der Waals surface area contributed by atoms with Crippen molar-refractivity contribution in [2.24, 2.45) is 0 Å². The van der Waals surface area contributed by atoms with Gasteiger partial charge in [0.05, 0.1) is 0 Å². The Bertz CT molecular complexity index is 687. The second kappa shape index (κ2) is 9.64. The molecule has 0 spiro atoms. The van der Waals surface area contributed by atoms with Crippen LogP contribution >= 0.6 is 12.6 Å². The van der Waals surface area contributed by atoms with E-state index in [2.05, 4.69) is 33.5 Å². The number of rotatable bonds is 8. The molecule has 1 atom stereocenters. The van der Waals surface area contributed by atoms with Crippen molar-refractivity contribution in [1.29, 1.82) is 0 Å². The quantitative estimate of drug-likeness (QED) is 0.571. The predicted octanol–water partition coefficient (Wildman–Crippen LogP) is 3.31. The Balaban J connectivity index is 1.43. The molecule has 0 amide bonds. The third-order valence-electron chi connectivity index (χ3n) is 4.58. The molecule has 0 bridgehead atoms. The minimum atomic E-state index is 0.188. The van der Waals surface area contributed by atoms with Crippen molar-refractivity contribution < 1.29 is 4.74 Å². The molecule has 1 aliphatic rings. The van der Waals surface area contributed by atoms with Crippen LogP contribution in [0.5, 0.6) is 5.75 Å². The largest absolute Gasteiger partial charge is 0.492 e. The number of hydrogen-bond donors (Lipinski definition) is 1. The van der Waals surface area contributed by atoms with Gasteiger partial charge in [-0.1, -0.05) is 30.3 Å². The monoisotopic (exact) mass is 369 g/mol. The topological polar surface area (TPSA) is 28.6 Å². The molecule has 1 saturated heterocycles. The summed E-state index contributed by atoms with van der Waals surface area (Å²) in [6.07, 6.45) is 4.58. The van der Waals surface area contributed by atoms with Gasteiger partial charge in [-0.25, -0.2) is 4.98 Å². The number of aromatic nitrogens is 1. The van der Waals surface area contributed by atoms with Crippen molar-refractivity contribution in [3.8, 4) is 5.75 Å². The maximum Gasteiger partial charge on any atom is 0.128 e. The highest BCUT2D eigenvalue weighted by molar-refractivity contribution is 7.81. The van der Waals surface area contributed by atoms with Gasteiger partial charge in [0.1, 0.15) is 18.2 Å². The van der Waals surface area contributed by atoms with Crippen molar-refractivity contribution in [3.63, 3.8) is 0 Å². The second-order valence-corrected chi connectivity index (χ2v) is 7.27. The van der Waals surface area contributed by atoms with Crippen LogP contribution in [-0.2, 0) is 6.42 Å². The van der Waals surface area contributed by atoms with E-state index >= 15 is 0 Å². The number of pyridine rings is 1. The molecule has 0 unspecified atom stereocenters. The Hall–Kier alpha value is -1.98. The van der Waals surface area contributed by atoms with Gasteiger partial charge >= 0.3 is 0 Å². The van der Waals surface area contributed by atoms with Crippen molar-refractivity contribution in [2.45, 2.75) is 11.7 Å². The fourth-order valence-electron chi connectivity index (χ4n) is 3.21. The zero-order valence-corrected chi connectivity index (χ0v) is 16.0. The van der Waals surface area contributed by atoms with Gasteiger partial charge in [-0.05, 0) is 30.2 Å². The molecule has 0 saturated carbocycles. The van der Waals surface area contributed by atoms with Crippen LogP contribution < -0.4 is 9.64 Å². The zero-order chi connectivity index (χ0) is 18.2. The van der Waals surface area contributed by atoms with E-state index in [1.807, 2.05) is 42.6 Å². The first-order valence-corrected chi connectivity index (χ1v) is 9.66. The molecule has 4 nitrogen and oxygen atoms in total. The lowest BCUT2D eigenvalue weighted by Gasteiger charge is -2.36. The average molecular weight is 370 g/mol. The third kappa shape index (κ3) is 5.26. The molecule has 2 heterocycles. The summed E-state index contributed by atoms with van der Waals surface area (Å²) in [5.74, 6) is 2.00. The number of para-hydroxylation sites is 1. The van der Waals surface area contributed by atoms with Crippen molar-refractivity contribution in [2.75, 3.05) is 44.2 Å². The van der Waals surface area contributed by atoms with Gasteiger partial charge < -0.3 is 9.64 Å². The van der Waals surface area contributed by atoms with E-state index in [4.69, 9.17) is 17.4 Å². The first kappa shape index (κ1) is 18.8. The Morgan fingerprint density at radius 1 is 1.12 bits per heavy atom. The smallest absolute Gasteiger partial charge is 0.128 e. The Kier molecular flexibility index (Phi) is 6.97. The lowest BCUT2D eigenvalue weighted by molar-refractivity contribution is 0.229. The number of nitrogens with zero attached hydrogens (tertiary/aromatic N) is 3. The molecule has 1 aromatic carbocycles. The standard InChI is InChI=1S/C21H27N3OS/c1-2-7-18-8-3-4-9-20(18)25-17-19(26)16-23-12-14-24(15-13-23)21-10-5-6-11-22-21/h2-6,8-11,19,26H,1,7,12-17H2/t19-/m0/s1. The maximum atomic E-state index is 6.01. The fraction of sp³-hybridized carbons (Fsp3) is 0.381. The van der Waals surface area contributed by atoms with E-state index in [-0.39, 0.29) is 5.25 Å². The number of piperazine rings is 1. The number of thiol groups is 1. The Labute approximate surface area is 161 Å². The molecule has 0 N–H and O–H groups in total. The summed E-state index contributed by atoms with van der Waals surface area (Å²) in [6.45, 7) is 9.41. The molecular weight excluding hydrogens is 342 g/mol. The average Bonchev–Trinajstić information content (AvgIpc) is 2.69. The molecule has 138 valence electrons. The van der Waals surface area contributed by atoms with Crippen LogP contribution in [0, 0.1) is 0 Å². The number of ether oxygens (including phenoxy) is 1. The van der Waals surface area contributed by atoms with Crippen molar-refractivity contribution in [1.82, 2.24) is 9.88 Å². The summed E-state index contributed by atoms with van der Waals surface area (Å²) in [4.78, 5) is 9.23. The fourth-order valence-corrected chi connectivity index (χ4v) is 3.51. The molecule has 3 rings (SSSR count). The van der Waals surface area contributed by atoms with Crippen molar-refractivity contribution >= 4 is 18.4 Å². The molecule has 1 aliphatic heterocycles. The minimum absolute atomic E-state index is 0.188. The summed E-state index contributed by atoms with van der Waals surface area (Å²) in [5, 5.41) is 0.188. The summed E-state index contributed by atoms with van der Waals surface area (Å²) >= 11 is 4.74. The zero-order valence-electron chi connectivity index (χ0n) is 15.1. The highest BCUT2D eigenvalue weighted by atomic mass is 32.1. The van der Waals surface area contributed by atoms with Crippen molar-refractivity contribution in [3.05, 3.63) is 66.9 Å². The van der Waals surface area contributed by atoms with Gasteiger partial charge in [0, 0.05) is 44.2 Å². The highest BCUT2D eigenvalue weighted by Gasteiger charge is 2.20. The van der Waals surface area contributed by atoms with Crippen LogP contribution in [0.4, 0.5) is 5.82 Å². The Morgan fingerprint density at radius 3 is 2.62 bits per heavy atom. The predicted molar refractivity (Wildman–Crippen MR) is 112 cm³/mol. The highest BCUT2D eigenvalue weighted by Crippen LogP contribution is 2.20. The lowest BCUT2D eigenvalue weighted by atomic mass is 10.1. The van der Waals surface area contributed by atoms with Crippen LogP contribution in [0.15, 0.2) is 61.3 Å². The number of anilines is 1. The third-order valence-corrected chi connectivity index (χ3v) is 4.89. The normalized spacial score (nSPS) is 16.3. The number of hydrogen-bond acceptors (Lipinski definition) is 5. The van der Waals surface area contributed by atoms with Crippen LogP contribution in [-0.4, -0.2) is 54.5 Å². The molecule has 0 aliphatic carbocycles. The van der Waals surface area contributed by atoms with Crippen LogP contribution in [0.2, 0.25) is 0 Å². The molecule has 5 heteroatoms. The summed E-state index contributed by atoms with van der Waals surface area (Å²) in [6, 6.07) is 14.2. The SMILES string of the molecule is C=CCc1ccccc1OC[C@@H](S)CN1CCN(c2ccccn2)CC1. The summed E-state index contributed by atoms with van der Waals surface area (Å²) in [5.41, 5.74) is 1.17. The Morgan fingerprint density at radius 2 is 1.88 bits per heavy atom. The van der Waals surface area contributed by atoms with Gasteiger partial charge in [0.2, 0.25) is 0 Å². The van der Waals surface area contributed by atoms with Gasteiger partial charge in [0.15, 0.2) is 0 Å². The summed E-state index contributed by atoms with van der Waals surface area (Å²) < 4.78 is 6.01. The lowest BCUT2D eigenvalue weighted by Crippen LogP contribution is -2.48. The second-order valence-electron chi connectivity index (χ2n) is 6.54. The number of benzene rings is 1. The number of allylic oxidation sites excluding steroid dienone is 1. The van der Waals surface area contributed by atoms with E-state index in [9.17, 15) is 0 Å².